The van der Waals surface area contributed by atoms with Gasteiger partial charge in [-0.2, -0.15) is 0 Å². The summed E-state index contributed by atoms with van der Waals surface area (Å²) in [5.41, 5.74) is 0. The van der Waals surface area contributed by atoms with Gasteiger partial charge in [0.05, 0.1) is 0 Å². The van der Waals surface area contributed by atoms with E-state index in [2.05, 4.69) is 10.1 Å². The van der Waals surface area contributed by atoms with E-state index in [0.717, 1.165) is 0 Å². The zero-order chi connectivity index (χ0) is 13.9. The molecule has 4 N–H and O–H groups in total. The first-order chi connectivity index (χ1) is 8.32. The van der Waals surface area contributed by atoms with Crippen LogP contribution < -0.4 is 5.32 Å². The second kappa shape index (κ2) is 6.10. The van der Waals surface area contributed by atoms with E-state index >= 15 is 0 Å². The summed E-state index contributed by atoms with van der Waals surface area (Å²) in [6.45, 7) is 2.09. The molecule has 0 aromatic rings. The number of ether oxygens (including phenoxy) is 2. The zero-order valence-electron chi connectivity index (χ0n) is 10.1. The van der Waals surface area contributed by atoms with Crippen molar-refractivity contribution in [1.29, 1.82) is 0 Å². The van der Waals surface area contributed by atoms with Crippen molar-refractivity contribution in [1.82, 2.24) is 5.32 Å². The zero-order valence-corrected chi connectivity index (χ0v) is 10.1. The first kappa shape index (κ1) is 14.8. The van der Waals surface area contributed by atoms with Gasteiger partial charge in [0.1, 0.15) is 31.0 Å². The molecule has 0 radical (unpaired) electrons. The molecule has 18 heavy (non-hydrogen) atoms. The Kier molecular flexibility index (Phi) is 5.03. The lowest BCUT2D eigenvalue weighted by Gasteiger charge is -2.40. The number of amides is 1. The Morgan fingerprint density at radius 2 is 1.83 bits per heavy atom. The van der Waals surface area contributed by atoms with E-state index in [1.807, 2.05) is 0 Å². The number of aliphatic hydroxyl groups is 3. The van der Waals surface area contributed by atoms with Crippen LogP contribution in [0.25, 0.3) is 0 Å². The molecule has 1 aliphatic heterocycles. The highest BCUT2D eigenvalue weighted by molar-refractivity contribution is 5.73. The standard InChI is InChI=1S/C10H17NO7/c1-4(12)11-7-9(15)8(14)6(18-10(7)16)3-17-5(2)13/h6-10,14-16H,3H2,1-2H3,(H,11,12)/t6?,7?,8-,9-,10?/m1/s1. The molecule has 0 aromatic heterocycles. The number of hydrogen-bond acceptors (Lipinski definition) is 7. The van der Waals surface area contributed by atoms with E-state index < -0.39 is 42.5 Å². The van der Waals surface area contributed by atoms with Crippen LogP contribution in [0.5, 0.6) is 0 Å². The Morgan fingerprint density at radius 1 is 1.22 bits per heavy atom. The molecule has 3 unspecified atom stereocenters. The smallest absolute Gasteiger partial charge is 0.302 e. The third kappa shape index (κ3) is 3.64. The van der Waals surface area contributed by atoms with E-state index in [0.29, 0.717) is 0 Å². The molecule has 1 rings (SSSR count). The topological polar surface area (TPSA) is 125 Å². The van der Waals surface area contributed by atoms with E-state index in [1.165, 1.54) is 13.8 Å². The Labute approximate surface area is 104 Å². The summed E-state index contributed by atoms with van der Waals surface area (Å²) in [5, 5.41) is 31.3. The van der Waals surface area contributed by atoms with Crippen molar-refractivity contribution in [2.24, 2.45) is 0 Å². The number of carbonyl (C=O) groups is 2. The van der Waals surface area contributed by atoms with Gasteiger partial charge >= 0.3 is 5.97 Å². The maximum Gasteiger partial charge on any atom is 0.302 e. The SMILES string of the molecule is CC(=O)NC1C(O)OC(COC(C)=O)[C@@H](O)[C@@H]1O. The van der Waals surface area contributed by atoms with Gasteiger partial charge in [0.25, 0.3) is 0 Å². The fraction of sp³-hybridized carbons (Fsp3) is 0.800. The van der Waals surface area contributed by atoms with Gasteiger partial charge in [-0.1, -0.05) is 0 Å². The molecular weight excluding hydrogens is 246 g/mol. The van der Waals surface area contributed by atoms with Crippen molar-refractivity contribution in [3.05, 3.63) is 0 Å². The Hall–Kier alpha value is -1.22. The van der Waals surface area contributed by atoms with Gasteiger partial charge < -0.3 is 30.1 Å². The lowest BCUT2D eigenvalue weighted by molar-refractivity contribution is -0.255. The van der Waals surface area contributed by atoms with Crippen LogP contribution in [0.15, 0.2) is 0 Å². The minimum absolute atomic E-state index is 0.294. The Balaban J connectivity index is 2.64. The molecule has 8 nitrogen and oxygen atoms in total. The summed E-state index contributed by atoms with van der Waals surface area (Å²) in [6.07, 6.45) is -5.35. The fourth-order valence-corrected chi connectivity index (χ4v) is 1.67. The first-order valence-electron chi connectivity index (χ1n) is 5.43. The second-order valence-electron chi connectivity index (χ2n) is 4.08. The fourth-order valence-electron chi connectivity index (χ4n) is 1.67. The third-order valence-corrected chi connectivity index (χ3v) is 2.54. The lowest BCUT2D eigenvalue weighted by atomic mass is 9.97. The third-order valence-electron chi connectivity index (χ3n) is 2.54. The molecule has 1 amide bonds. The molecule has 0 aliphatic carbocycles. The molecule has 1 saturated heterocycles. The van der Waals surface area contributed by atoms with Crippen molar-refractivity contribution in [3.63, 3.8) is 0 Å². The molecular formula is C10H17NO7. The van der Waals surface area contributed by atoms with Crippen molar-refractivity contribution in [2.45, 2.75) is 44.5 Å². The number of nitrogens with one attached hydrogen (secondary N) is 1. The van der Waals surface area contributed by atoms with Crippen molar-refractivity contribution >= 4 is 11.9 Å². The number of esters is 1. The van der Waals surface area contributed by atoms with E-state index in [9.17, 15) is 24.9 Å². The maximum atomic E-state index is 10.9. The average molecular weight is 263 g/mol. The van der Waals surface area contributed by atoms with Crippen LogP contribution in [-0.4, -0.2) is 64.4 Å². The summed E-state index contributed by atoms with van der Waals surface area (Å²) in [7, 11) is 0. The van der Waals surface area contributed by atoms with Crippen LogP contribution in [0.3, 0.4) is 0 Å². The predicted octanol–water partition coefficient (Wildman–Crippen LogP) is -2.51. The molecule has 0 aromatic carbocycles. The van der Waals surface area contributed by atoms with Crippen LogP contribution in [0.2, 0.25) is 0 Å². The highest BCUT2D eigenvalue weighted by Crippen LogP contribution is 2.20. The van der Waals surface area contributed by atoms with E-state index in [4.69, 9.17) is 4.74 Å². The van der Waals surface area contributed by atoms with Crippen LogP contribution >= 0.6 is 0 Å². The van der Waals surface area contributed by atoms with Crippen LogP contribution in [-0.2, 0) is 19.1 Å². The number of aliphatic hydroxyl groups excluding tert-OH is 3. The first-order valence-corrected chi connectivity index (χ1v) is 5.43. The Morgan fingerprint density at radius 3 is 2.33 bits per heavy atom. The normalized spacial score (nSPS) is 35.9. The average Bonchev–Trinajstić information content (AvgIpc) is 2.27. The molecule has 1 heterocycles. The van der Waals surface area contributed by atoms with E-state index in [-0.39, 0.29) is 6.61 Å². The number of carbonyl (C=O) groups excluding carboxylic acids is 2. The summed E-state index contributed by atoms with van der Waals surface area (Å²) < 4.78 is 9.62. The maximum absolute atomic E-state index is 10.9. The molecule has 0 saturated carbocycles. The van der Waals surface area contributed by atoms with Gasteiger partial charge in [-0.15, -0.1) is 0 Å². The largest absolute Gasteiger partial charge is 0.463 e. The summed E-state index contributed by atoms with van der Waals surface area (Å²) in [4.78, 5) is 21.5. The van der Waals surface area contributed by atoms with Gasteiger partial charge in [0.2, 0.25) is 5.91 Å². The molecule has 1 fully saturated rings. The van der Waals surface area contributed by atoms with Gasteiger partial charge in [0.15, 0.2) is 6.29 Å². The predicted molar refractivity (Wildman–Crippen MR) is 57.1 cm³/mol. The monoisotopic (exact) mass is 263 g/mol. The minimum Gasteiger partial charge on any atom is -0.463 e. The molecule has 8 heteroatoms. The molecule has 104 valence electrons. The van der Waals surface area contributed by atoms with Crippen molar-refractivity contribution in [2.75, 3.05) is 6.61 Å². The summed E-state index contributed by atoms with van der Waals surface area (Å²) in [6, 6.07) is -1.13. The van der Waals surface area contributed by atoms with Crippen LogP contribution in [0.1, 0.15) is 13.8 Å². The number of hydrogen-bond donors (Lipinski definition) is 4. The van der Waals surface area contributed by atoms with Gasteiger partial charge in [-0.25, -0.2) is 0 Å². The molecule has 5 atom stereocenters. The second-order valence-corrected chi connectivity index (χ2v) is 4.08. The molecule has 1 aliphatic rings. The van der Waals surface area contributed by atoms with Gasteiger partial charge in [-0.05, 0) is 0 Å². The Bertz CT molecular complexity index is 319. The molecule has 0 spiro atoms. The van der Waals surface area contributed by atoms with E-state index in [1.54, 1.807) is 0 Å². The highest BCUT2D eigenvalue weighted by atomic mass is 16.6. The van der Waals surface area contributed by atoms with Crippen LogP contribution in [0.4, 0.5) is 0 Å². The lowest BCUT2D eigenvalue weighted by Crippen LogP contribution is -2.64. The summed E-state index contributed by atoms with van der Waals surface area (Å²) in [5.74, 6) is -1.05. The van der Waals surface area contributed by atoms with Gasteiger partial charge in [-0.3, -0.25) is 9.59 Å². The summed E-state index contributed by atoms with van der Waals surface area (Å²) >= 11 is 0. The quantitative estimate of drug-likeness (QED) is 0.414. The molecule has 0 bridgehead atoms. The van der Waals surface area contributed by atoms with Crippen molar-refractivity contribution in [3.8, 4) is 0 Å². The minimum atomic E-state index is -1.49. The van der Waals surface area contributed by atoms with Gasteiger partial charge in [0, 0.05) is 13.8 Å². The number of rotatable bonds is 3. The van der Waals surface area contributed by atoms with Crippen LogP contribution in [0, 0.1) is 0 Å². The van der Waals surface area contributed by atoms with Crippen molar-refractivity contribution < 1.29 is 34.4 Å². The highest BCUT2D eigenvalue weighted by Gasteiger charge is 2.44.